The van der Waals surface area contributed by atoms with E-state index < -0.39 is 0 Å². The maximum absolute atomic E-state index is 11.4. The molecule has 0 radical (unpaired) electrons. The van der Waals surface area contributed by atoms with E-state index in [-0.39, 0.29) is 29.9 Å². The topological polar surface area (TPSA) is 50.9 Å². The molecule has 0 atom stereocenters. The zero-order valence-corrected chi connectivity index (χ0v) is 27.4. The van der Waals surface area contributed by atoms with Gasteiger partial charge in [-0.05, 0) is 114 Å². The van der Waals surface area contributed by atoms with E-state index in [0.29, 0.717) is 33.8 Å². The van der Waals surface area contributed by atoms with E-state index in [9.17, 15) is 5.11 Å². The van der Waals surface area contributed by atoms with Crippen LogP contribution in [-0.2, 0) is 0 Å². The van der Waals surface area contributed by atoms with E-state index in [2.05, 4.69) is 47.0 Å². The molecule has 0 fully saturated rings. The van der Waals surface area contributed by atoms with Crippen LogP contribution in [0.25, 0.3) is 72.7 Å². The maximum Gasteiger partial charge on any atom is 0.149 e. The van der Waals surface area contributed by atoms with Crippen molar-refractivity contribution in [3.63, 3.8) is 0 Å². The van der Waals surface area contributed by atoms with Gasteiger partial charge in [0.2, 0.25) is 0 Å². The average Bonchev–Trinajstić information content (AvgIpc) is 3.58. The summed E-state index contributed by atoms with van der Waals surface area (Å²) in [5.74, 6) is 0.831. The van der Waals surface area contributed by atoms with Crippen molar-refractivity contribution in [3.05, 3.63) is 168 Å². The minimum absolute atomic E-state index is 0.0678. The number of phenols is 1. The Kier molecular flexibility index (Phi) is 6.53. The Hall–Kier alpha value is -6.26. The monoisotopic (exact) mass is 637 g/mol. The van der Waals surface area contributed by atoms with E-state index in [4.69, 9.17) is 15.5 Å². The lowest BCUT2D eigenvalue weighted by molar-refractivity contribution is 0.472. The molecule has 1 N–H and O–H groups in total. The van der Waals surface area contributed by atoms with Crippen molar-refractivity contribution >= 4 is 11.0 Å². The quantitative estimate of drug-likeness (QED) is 0.197. The van der Waals surface area contributed by atoms with Crippen LogP contribution < -0.4 is 0 Å². The first-order valence-corrected chi connectivity index (χ1v) is 16.2. The summed E-state index contributed by atoms with van der Waals surface area (Å²) in [4.78, 5) is 10.1. The summed E-state index contributed by atoms with van der Waals surface area (Å²) >= 11 is 0. The van der Waals surface area contributed by atoms with E-state index in [0.717, 1.165) is 55.7 Å². The van der Waals surface area contributed by atoms with Crippen LogP contribution in [0.4, 0.5) is 0 Å². The number of hydrogen-bond acceptors (Lipinski definition) is 3. The van der Waals surface area contributed by atoms with Crippen molar-refractivity contribution in [2.24, 2.45) is 0 Å². The molecule has 236 valence electrons. The minimum Gasteiger partial charge on any atom is -0.507 e. The highest BCUT2D eigenvalue weighted by Gasteiger charge is 2.21. The molecule has 8 aromatic rings. The van der Waals surface area contributed by atoms with E-state index >= 15 is 0 Å². The first-order chi connectivity index (χ1) is 25.6. The highest BCUT2D eigenvalue weighted by molar-refractivity contribution is 5.97. The number of para-hydroxylation sites is 2. The lowest BCUT2D eigenvalue weighted by Gasteiger charge is -2.13. The summed E-state index contributed by atoms with van der Waals surface area (Å²) in [6.07, 6.45) is 1.66. The molecule has 4 nitrogen and oxygen atoms in total. The Bertz CT molecular complexity index is 2680. The molecular weight excluding hydrogens is 599 g/mol. The Morgan fingerprint density at radius 2 is 1.37 bits per heavy atom. The Labute approximate surface area is 292 Å². The molecule has 8 rings (SSSR count). The average molecular weight is 638 g/mol. The molecule has 0 amide bonds. The number of phenolic OH excluding ortho intramolecular Hbond substituents is 1. The van der Waals surface area contributed by atoms with Gasteiger partial charge in [0.05, 0.1) is 27.8 Å². The third kappa shape index (κ3) is 5.68. The van der Waals surface area contributed by atoms with E-state index in [1.54, 1.807) is 19.2 Å². The number of benzene rings is 6. The summed E-state index contributed by atoms with van der Waals surface area (Å²) in [5, 5.41) is 11.4. The van der Waals surface area contributed by atoms with Crippen molar-refractivity contribution in [2.45, 2.75) is 20.8 Å². The molecule has 2 heterocycles. The van der Waals surface area contributed by atoms with Crippen LogP contribution in [0, 0.1) is 20.8 Å². The van der Waals surface area contributed by atoms with Crippen molar-refractivity contribution in [2.75, 3.05) is 0 Å². The maximum atomic E-state index is 11.4. The number of pyridine rings is 1. The van der Waals surface area contributed by atoms with Gasteiger partial charge < -0.3 is 5.11 Å². The van der Waals surface area contributed by atoms with Gasteiger partial charge in [0.1, 0.15) is 11.6 Å². The summed E-state index contributed by atoms with van der Waals surface area (Å²) in [7, 11) is 0. The number of nitrogens with zero attached hydrogens (tertiary/aromatic N) is 3. The van der Waals surface area contributed by atoms with Gasteiger partial charge in [-0.3, -0.25) is 9.55 Å². The number of aromatic nitrogens is 3. The van der Waals surface area contributed by atoms with Crippen LogP contribution in [0.2, 0.25) is 0 Å². The SMILES string of the molecule is [2H]c1c([2H])c(C)c([2H])c(-c2ccnc(-c3cc(-c4ccccc4)cc(-c4cccc5c4nc(-c4cc(C)cc(C)c4O)n5-c4ccccc4)c3)c2)c1[2H]. The van der Waals surface area contributed by atoms with Crippen molar-refractivity contribution < 1.29 is 10.6 Å². The molecule has 2 aromatic heterocycles. The van der Waals surface area contributed by atoms with Gasteiger partial charge in [0.15, 0.2) is 0 Å². The predicted molar refractivity (Wildman–Crippen MR) is 202 cm³/mol. The van der Waals surface area contributed by atoms with Gasteiger partial charge in [-0.2, -0.15) is 0 Å². The summed E-state index contributed by atoms with van der Waals surface area (Å²) in [6, 6.07) is 39.8. The van der Waals surface area contributed by atoms with Crippen molar-refractivity contribution in [1.82, 2.24) is 14.5 Å². The molecule has 0 aliphatic heterocycles. The third-order valence-electron chi connectivity index (χ3n) is 8.83. The van der Waals surface area contributed by atoms with Gasteiger partial charge in [0.25, 0.3) is 0 Å². The standard InChI is InChI=1S/C45H35N3O/c1-29-12-10-15-33(23-29)34-20-21-46-41(28-34)37-26-35(32-13-6-4-7-14-32)25-36(27-37)39-18-11-19-42-43(39)47-45(48(42)38-16-8-5-9-17-38)40-24-30(2)22-31(3)44(40)49/h4-28,49H,1-3H3/i10D,12D,15D,23D. The number of rotatable bonds is 6. The lowest BCUT2D eigenvalue weighted by atomic mass is 9.93. The molecular formula is C45H35N3O. The second kappa shape index (κ2) is 12.4. The summed E-state index contributed by atoms with van der Waals surface area (Å²) < 4.78 is 36.1. The number of fused-ring (bicyclic) bond motifs is 1. The van der Waals surface area contributed by atoms with Crippen LogP contribution in [0.3, 0.4) is 0 Å². The fourth-order valence-corrected chi connectivity index (χ4v) is 6.54. The van der Waals surface area contributed by atoms with Gasteiger partial charge in [0, 0.05) is 23.0 Å². The molecule has 4 heteroatoms. The Morgan fingerprint density at radius 3 is 2.18 bits per heavy atom. The highest BCUT2D eigenvalue weighted by atomic mass is 16.3. The first kappa shape index (κ1) is 25.8. The van der Waals surface area contributed by atoms with E-state index in [1.165, 1.54) is 0 Å². The lowest BCUT2D eigenvalue weighted by Crippen LogP contribution is -1.98. The van der Waals surface area contributed by atoms with Gasteiger partial charge in [-0.15, -0.1) is 0 Å². The normalized spacial score (nSPS) is 12.4. The fraction of sp³-hybridized carbons (Fsp3) is 0.0667. The number of hydrogen-bond donors (Lipinski definition) is 1. The van der Waals surface area contributed by atoms with Crippen molar-refractivity contribution in [1.29, 1.82) is 0 Å². The fourth-order valence-electron chi connectivity index (χ4n) is 6.54. The number of aryl methyl sites for hydroxylation is 2. The molecule has 49 heavy (non-hydrogen) atoms. The summed E-state index contributed by atoms with van der Waals surface area (Å²) in [5.41, 5.74) is 11.6. The second-order valence-corrected chi connectivity index (χ2v) is 12.4. The zero-order valence-electron chi connectivity index (χ0n) is 31.4. The Morgan fingerprint density at radius 1 is 0.612 bits per heavy atom. The Balaban J connectivity index is 1.38. The zero-order chi connectivity index (χ0) is 37.0. The van der Waals surface area contributed by atoms with E-state index in [1.807, 2.05) is 86.6 Å². The van der Waals surface area contributed by atoms with Gasteiger partial charge >= 0.3 is 0 Å². The minimum atomic E-state index is -0.197. The first-order valence-electron chi connectivity index (χ1n) is 18.2. The molecule has 0 unspecified atom stereocenters. The highest BCUT2D eigenvalue weighted by Crippen LogP contribution is 2.41. The van der Waals surface area contributed by atoms with Crippen LogP contribution >= 0.6 is 0 Å². The molecule has 6 aromatic carbocycles. The molecule has 0 saturated heterocycles. The molecule has 0 aliphatic rings. The second-order valence-electron chi connectivity index (χ2n) is 12.4. The molecule has 0 bridgehead atoms. The smallest absolute Gasteiger partial charge is 0.149 e. The van der Waals surface area contributed by atoms with Crippen LogP contribution in [-0.4, -0.2) is 19.6 Å². The number of imidazole rings is 1. The molecule has 0 spiro atoms. The molecule has 0 saturated carbocycles. The van der Waals surface area contributed by atoms with Crippen LogP contribution in [0.5, 0.6) is 5.75 Å². The van der Waals surface area contributed by atoms with Gasteiger partial charge in [-0.25, -0.2) is 4.98 Å². The van der Waals surface area contributed by atoms with Crippen LogP contribution in [0.15, 0.2) is 152 Å². The van der Waals surface area contributed by atoms with Crippen LogP contribution in [0.1, 0.15) is 22.2 Å². The third-order valence-corrected chi connectivity index (χ3v) is 8.83. The number of aromatic hydroxyl groups is 1. The molecule has 0 aliphatic carbocycles. The van der Waals surface area contributed by atoms with Crippen molar-refractivity contribution in [3.8, 4) is 67.5 Å². The largest absolute Gasteiger partial charge is 0.507 e. The summed E-state index contributed by atoms with van der Waals surface area (Å²) in [6.45, 7) is 5.57. The van der Waals surface area contributed by atoms with Gasteiger partial charge in [-0.1, -0.05) is 96.5 Å². The predicted octanol–water partition coefficient (Wildman–Crippen LogP) is 11.4.